The van der Waals surface area contributed by atoms with Crippen LogP contribution >= 0.6 is 7.92 Å². The molecule has 0 aliphatic heterocycles. The SMILES string of the molecule is [Cl-].[Cl-].[Zr+4].c1ccc2[cH-]c(P(C3CCCCC3)C3CCCCC3)cc2c1.c1ccc2c(c1)[cH-]c1ccccc12. The fourth-order valence-electron chi connectivity index (χ4n) is 6.63. The molecule has 5 aromatic rings. The van der Waals surface area contributed by atoms with Crippen molar-refractivity contribution in [1.82, 2.24) is 0 Å². The van der Waals surface area contributed by atoms with Crippen molar-refractivity contribution < 1.29 is 51.0 Å². The Morgan fingerprint density at radius 3 is 1.47 bits per heavy atom. The van der Waals surface area contributed by atoms with Crippen LogP contribution in [0.15, 0.2) is 91.0 Å². The summed E-state index contributed by atoms with van der Waals surface area (Å²) in [7, 11) is 0.0611. The summed E-state index contributed by atoms with van der Waals surface area (Å²) in [5.41, 5.74) is 2.03. The summed E-state index contributed by atoms with van der Waals surface area (Å²) < 4.78 is 0. The number of rotatable bonds is 3. The fraction of sp³-hybridized carbons (Fsp3) is 0.353. The van der Waals surface area contributed by atoms with Gasteiger partial charge in [-0.1, -0.05) is 88.9 Å². The summed E-state index contributed by atoms with van der Waals surface area (Å²) in [6.45, 7) is 0. The van der Waals surface area contributed by atoms with Crippen LogP contribution < -0.4 is 30.1 Å². The second kappa shape index (κ2) is 15.1. The molecule has 2 aliphatic rings. The summed E-state index contributed by atoms with van der Waals surface area (Å²) in [6.07, 6.45) is 14.9. The molecule has 0 saturated heterocycles. The van der Waals surface area contributed by atoms with Gasteiger partial charge in [-0.3, -0.25) is 0 Å². The first-order valence-corrected chi connectivity index (χ1v) is 15.3. The van der Waals surface area contributed by atoms with Crippen LogP contribution in [0.2, 0.25) is 0 Å². The molecule has 0 N–H and O–H groups in total. The molecule has 0 radical (unpaired) electrons. The molecule has 7 rings (SSSR count). The Morgan fingerprint density at radius 1 is 0.526 bits per heavy atom. The minimum atomic E-state index is 0. The third-order valence-electron chi connectivity index (χ3n) is 8.36. The Morgan fingerprint density at radius 2 is 0.974 bits per heavy atom. The zero-order valence-electron chi connectivity index (χ0n) is 22.1. The first-order valence-electron chi connectivity index (χ1n) is 13.8. The molecule has 2 fully saturated rings. The van der Waals surface area contributed by atoms with E-state index in [-0.39, 0.29) is 58.9 Å². The van der Waals surface area contributed by atoms with E-state index in [1.54, 1.807) is 5.30 Å². The fourth-order valence-corrected chi connectivity index (χ4v) is 10.5. The van der Waals surface area contributed by atoms with E-state index in [1.165, 1.54) is 96.5 Å². The van der Waals surface area contributed by atoms with E-state index >= 15 is 0 Å². The zero-order chi connectivity index (χ0) is 23.5. The van der Waals surface area contributed by atoms with Gasteiger partial charge in [-0.15, -0.1) is 80.1 Å². The van der Waals surface area contributed by atoms with Gasteiger partial charge in [0.2, 0.25) is 0 Å². The van der Waals surface area contributed by atoms with Crippen LogP contribution in [0.4, 0.5) is 0 Å². The van der Waals surface area contributed by atoms with Gasteiger partial charge in [-0.05, 0) is 37.0 Å². The van der Waals surface area contributed by atoms with Gasteiger partial charge in [0, 0.05) is 0 Å². The molecule has 2 aliphatic carbocycles. The van der Waals surface area contributed by atoms with Crippen molar-refractivity contribution in [3.63, 3.8) is 0 Å². The molecule has 196 valence electrons. The molecule has 38 heavy (non-hydrogen) atoms. The maximum Gasteiger partial charge on any atom is 4.00 e. The van der Waals surface area contributed by atoms with Crippen LogP contribution in [0.25, 0.3) is 32.3 Å². The Labute approximate surface area is 261 Å². The monoisotopic (exact) mass is 636 g/mol. The van der Waals surface area contributed by atoms with Gasteiger partial charge in [0.05, 0.1) is 0 Å². The summed E-state index contributed by atoms with van der Waals surface area (Å²) in [4.78, 5) is 0. The second-order valence-corrected chi connectivity index (χ2v) is 13.4. The Bertz CT molecular complexity index is 1290. The molecule has 5 aromatic carbocycles. The van der Waals surface area contributed by atoms with Gasteiger partial charge in [0.25, 0.3) is 0 Å². The molecule has 0 bridgehead atoms. The molecule has 0 atom stereocenters. The van der Waals surface area contributed by atoms with Crippen molar-refractivity contribution in [2.75, 3.05) is 0 Å². The minimum absolute atomic E-state index is 0. The van der Waals surface area contributed by atoms with Gasteiger partial charge >= 0.3 is 26.2 Å². The van der Waals surface area contributed by atoms with Crippen molar-refractivity contribution in [2.24, 2.45) is 0 Å². The molecule has 0 unspecified atom stereocenters. The van der Waals surface area contributed by atoms with E-state index in [1.807, 2.05) is 0 Å². The second-order valence-electron chi connectivity index (χ2n) is 10.7. The number of fused-ring (bicyclic) bond motifs is 4. The molecule has 2 saturated carbocycles. The van der Waals surface area contributed by atoms with Crippen LogP contribution in [-0.4, -0.2) is 11.3 Å². The standard InChI is InChI=1S/C21H28P.C13H9.2ClH.Zr/c1-3-11-19(12-4-1)22(20-13-5-2-6-14-20)21-15-17-9-7-8-10-18(17)16-21;1-3-7-12-10(5-1)9-11-6-2-4-8-13(11)12;;;/h7-10,15-16,19-20H,1-6,11-14H2;1-9H;2*1H;/q2*-1;;;+4/p-2. The van der Waals surface area contributed by atoms with Crippen molar-refractivity contribution in [3.8, 4) is 0 Å². The van der Waals surface area contributed by atoms with E-state index in [9.17, 15) is 0 Å². The van der Waals surface area contributed by atoms with Gasteiger partial charge in [0.1, 0.15) is 0 Å². The third kappa shape index (κ3) is 7.02. The Kier molecular flexibility index (Phi) is 12.6. The normalized spacial score (nSPS) is 16.3. The summed E-state index contributed by atoms with van der Waals surface area (Å²) in [5.74, 6) is 0. The van der Waals surface area contributed by atoms with Crippen LogP contribution in [-0.2, 0) is 26.2 Å². The first kappa shape index (κ1) is 31.6. The van der Waals surface area contributed by atoms with Gasteiger partial charge in [-0.2, -0.15) is 6.07 Å². The maximum atomic E-state index is 2.55. The largest absolute Gasteiger partial charge is 4.00 e. The molecule has 4 heteroatoms. The van der Waals surface area contributed by atoms with E-state index in [2.05, 4.69) is 91.0 Å². The van der Waals surface area contributed by atoms with Gasteiger partial charge < -0.3 is 24.8 Å². The maximum absolute atomic E-state index is 2.55. The first-order chi connectivity index (χ1) is 17.4. The summed E-state index contributed by atoms with van der Waals surface area (Å²) in [6, 6.07) is 33.3. The van der Waals surface area contributed by atoms with Crippen molar-refractivity contribution >= 4 is 45.5 Å². The molecular formula is C34H37Cl2PZr. The number of hydrogen-bond donors (Lipinski definition) is 0. The number of benzene rings is 3. The smallest absolute Gasteiger partial charge is 1.00 e. The average Bonchev–Trinajstić information content (AvgIpc) is 3.52. The van der Waals surface area contributed by atoms with Crippen LogP contribution in [0, 0.1) is 0 Å². The van der Waals surface area contributed by atoms with E-state index in [0.717, 1.165) is 11.3 Å². The van der Waals surface area contributed by atoms with Gasteiger partial charge in [0.15, 0.2) is 0 Å². The van der Waals surface area contributed by atoms with E-state index in [4.69, 9.17) is 0 Å². The van der Waals surface area contributed by atoms with Gasteiger partial charge in [-0.25, -0.2) is 0 Å². The molecule has 0 heterocycles. The Hall–Kier alpha value is -0.967. The molecular weight excluding hydrogens is 601 g/mol. The van der Waals surface area contributed by atoms with Crippen molar-refractivity contribution in [3.05, 3.63) is 91.0 Å². The van der Waals surface area contributed by atoms with Crippen molar-refractivity contribution in [1.29, 1.82) is 0 Å². The van der Waals surface area contributed by atoms with E-state index < -0.39 is 0 Å². The molecule has 0 spiro atoms. The quantitative estimate of drug-likeness (QED) is 0.207. The molecule has 0 nitrogen and oxygen atoms in total. The summed E-state index contributed by atoms with van der Waals surface area (Å²) in [5, 5.41) is 10.1. The summed E-state index contributed by atoms with van der Waals surface area (Å²) >= 11 is 0. The van der Waals surface area contributed by atoms with Crippen LogP contribution in [0.5, 0.6) is 0 Å². The third-order valence-corrected chi connectivity index (χ3v) is 11.8. The minimum Gasteiger partial charge on any atom is -1.00 e. The predicted octanol–water partition coefficient (Wildman–Crippen LogP) is 4.05. The zero-order valence-corrected chi connectivity index (χ0v) is 27.0. The number of hydrogen-bond acceptors (Lipinski definition) is 0. The Balaban J connectivity index is 0.000000216. The number of halogens is 2. The average molecular weight is 639 g/mol. The van der Waals surface area contributed by atoms with E-state index in [0.29, 0.717) is 0 Å². The predicted molar refractivity (Wildman–Crippen MR) is 157 cm³/mol. The van der Waals surface area contributed by atoms with Crippen LogP contribution in [0.3, 0.4) is 0 Å². The molecule has 0 amide bonds. The molecule has 0 aromatic heterocycles. The van der Waals surface area contributed by atoms with Crippen molar-refractivity contribution in [2.45, 2.75) is 75.5 Å². The topological polar surface area (TPSA) is 0 Å². The van der Waals surface area contributed by atoms with Crippen LogP contribution in [0.1, 0.15) is 64.2 Å².